The largest absolute Gasteiger partial charge is 0.469 e. The third kappa shape index (κ3) is 3.44. The van der Waals surface area contributed by atoms with Crippen molar-refractivity contribution < 1.29 is 9.53 Å². The molecule has 0 spiro atoms. The zero-order valence-electron chi connectivity index (χ0n) is 12.1. The van der Waals surface area contributed by atoms with Crippen LogP contribution in [0.1, 0.15) is 41.0 Å². The lowest BCUT2D eigenvalue weighted by atomic mass is 9.80. The van der Waals surface area contributed by atoms with E-state index in [0.29, 0.717) is 5.41 Å². The third-order valence-electron chi connectivity index (χ3n) is 4.32. The summed E-state index contributed by atoms with van der Waals surface area (Å²) in [5, 5.41) is 0. The lowest BCUT2D eigenvalue weighted by molar-refractivity contribution is -0.146. The van der Waals surface area contributed by atoms with Gasteiger partial charge in [0.2, 0.25) is 0 Å². The molecule has 0 amide bonds. The Bertz CT molecular complexity index is 270. The van der Waals surface area contributed by atoms with Gasteiger partial charge in [0.15, 0.2) is 0 Å². The summed E-state index contributed by atoms with van der Waals surface area (Å²) in [6.07, 6.45) is 1.24. The molecule has 1 aliphatic rings. The van der Waals surface area contributed by atoms with Crippen LogP contribution in [0.5, 0.6) is 0 Å². The molecule has 1 aliphatic heterocycles. The Kier molecular flexibility index (Phi) is 4.59. The molecule has 0 radical (unpaired) electrons. The normalized spacial score (nSPS) is 25.6. The Morgan fingerprint density at radius 2 is 1.94 bits per heavy atom. The van der Waals surface area contributed by atoms with Gasteiger partial charge >= 0.3 is 5.97 Å². The van der Waals surface area contributed by atoms with Crippen LogP contribution in [-0.4, -0.2) is 37.1 Å². The molecule has 3 unspecified atom stereocenters. The molecule has 0 aromatic carbocycles. The van der Waals surface area contributed by atoms with E-state index in [4.69, 9.17) is 4.74 Å². The number of esters is 1. The van der Waals surface area contributed by atoms with Gasteiger partial charge < -0.3 is 4.74 Å². The summed E-state index contributed by atoms with van der Waals surface area (Å²) in [6, 6.07) is 0.273. The maximum Gasteiger partial charge on any atom is 0.309 e. The summed E-state index contributed by atoms with van der Waals surface area (Å²) in [7, 11) is 1.47. The number of carbonyl (C=O) groups is 1. The summed E-state index contributed by atoms with van der Waals surface area (Å²) < 4.78 is 4.82. The fraction of sp³-hybridized carbons (Fsp3) is 0.929. The number of carbonyl (C=O) groups excluding carboxylic acids is 1. The smallest absolute Gasteiger partial charge is 0.309 e. The van der Waals surface area contributed by atoms with Gasteiger partial charge in [0, 0.05) is 12.6 Å². The van der Waals surface area contributed by atoms with Gasteiger partial charge in [-0.25, -0.2) is 0 Å². The number of hydrogen-bond donors (Lipinski definition) is 0. The molecular weight excluding hydrogens is 214 g/mol. The highest BCUT2D eigenvalue weighted by molar-refractivity contribution is 5.72. The molecule has 1 heterocycles. The second-order valence-corrected chi connectivity index (χ2v) is 6.40. The number of ether oxygens (including phenoxy) is 1. The van der Waals surface area contributed by atoms with Crippen LogP contribution in [0.15, 0.2) is 0 Å². The van der Waals surface area contributed by atoms with Crippen LogP contribution in [0, 0.1) is 17.3 Å². The predicted molar refractivity (Wildman–Crippen MR) is 69.8 cm³/mol. The molecule has 3 nitrogen and oxygen atoms in total. The average Bonchev–Trinajstić information content (AvgIpc) is 2.74. The Morgan fingerprint density at radius 3 is 2.35 bits per heavy atom. The number of likely N-dealkylation sites (tertiary alicyclic amines) is 1. The van der Waals surface area contributed by atoms with Crippen molar-refractivity contribution in [1.29, 1.82) is 0 Å². The van der Waals surface area contributed by atoms with Crippen molar-refractivity contribution >= 4 is 5.97 Å². The Hall–Kier alpha value is -0.570. The van der Waals surface area contributed by atoms with Crippen LogP contribution in [-0.2, 0) is 9.53 Å². The first-order valence-corrected chi connectivity index (χ1v) is 6.59. The van der Waals surface area contributed by atoms with Crippen LogP contribution < -0.4 is 0 Å². The van der Waals surface area contributed by atoms with Crippen molar-refractivity contribution in [3.8, 4) is 0 Å². The van der Waals surface area contributed by atoms with Gasteiger partial charge in [0.1, 0.15) is 0 Å². The SMILES string of the molecule is COC(=O)C(C)C(C)N1CCC(C(C)(C)C)C1. The third-order valence-corrected chi connectivity index (χ3v) is 4.32. The molecule has 1 rings (SSSR count). The molecule has 0 aromatic heterocycles. The number of methoxy groups -OCH3 is 1. The molecule has 1 saturated heterocycles. The van der Waals surface area contributed by atoms with E-state index >= 15 is 0 Å². The number of hydrogen-bond acceptors (Lipinski definition) is 3. The van der Waals surface area contributed by atoms with Gasteiger partial charge in [-0.1, -0.05) is 27.7 Å². The van der Waals surface area contributed by atoms with Crippen LogP contribution in [0.4, 0.5) is 0 Å². The summed E-state index contributed by atoms with van der Waals surface area (Å²) in [6.45, 7) is 13.2. The molecular formula is C14H27NO2. The average molecular weight is 241 g/mol. The summed E-state index contributed by atoms with van der Waals surface area (Å²) in [5.74, 6) is 0.588. The molecule has 100 valence electrons. The van der Waals surface area contributed by atoms with Gasteiger partial charge in [0.05, 0.1) is 13.0 Å². The molecule has 0 bridgehead atoms. The zero-order valence-corrected chi connectivity index (χ0v) is 12.1. The van der Waals surface area contributed by atoms with E-state index < -0.39 is 0 Å². The molecule has 1 fully saturated rings. The molecule has 0 aliphatic carbocycles. The predicted octanol–water partition coefficient (Wildman–Crippen LogP) is 2.55. The highest BCUT2D eigenvalue weighted by atomic mass is 16.5. The summed E-state index contributed by atoms with van der Waals surface area (Å²) in [4.78, 5) is 14.0. The van der Waals surface area contributed by atoms with E-state index in [0.717, 1.165) is 19.0 Å². The van der Waals surface area contributed by atoms with Gasteiger partial charge in [-0.2, -0.15) is 0 Å². The molecule has 0 N–H and O–H groups in total. The first-order chi connectivity index (χ1) is 7.77. The maximum atomic E-state index is 11.5. The Labute approximate surface area is 106 Å². The van der Waals surface area contributed by atoms with Crippen LogP contribution >= 0.6 is 0 Å². The first-order valence-electron chi connectivity index (χ1n) is 6.59. The lowest BCUT2D eigenvalue weighted by Crippen LogP contribution is -2.40. The first kappa shape index (κ1) is 14.5. The van der Waals surface area contributed by atoms with Gasteiger partial charge in [-0.3, -0.25) is 9.69 Å². The van der Waals surface area contributed by atoms with Crippen molar-refractivity contribution in [3.63, 3.8) is 0 Å². The van der Waals surface area contributed by atoms with Crippen molar-refractivity contribution in [2.75, 3.05) is 20.2 Å². The highest BCUT2D eigenvalue weighted by Gasteiger charge is 2.36. The summed E-state index contributed by atoms with van der Waals surface area (Å²) >= 11 is 0. The summed E-state index contributed by atoms with van der Waals surface area (Å²) in [5.41, 5.74) is 0.364. The fourth-order valence-corrected chi connectivity index (χ4v) is 2.56. The minimum atomic E-state index is -0.100. The Balaban J connectivity index is 2.56. The second kappa shape index (κ2) is 5.38. The molecule has 0 saturated carbocycles. The van der Waals surface area contributed by atoms with Crippen molar-refractivity contribution in [1.82, 2.24) is 4.90 Å². The zero-order chi connectivity index (χ0) is 13.2. The minimum absolute atomic E-state index is 0.0429. The molecule has 3 heteroatoms. The van der Waals surface area contributed by atoms with Crippen molar-refractivity contribution in [3.05, 3.63) is 0 Å². The van der Waals surface area contributed by atoms with E-state index in [2.05, 4.69) is 32.6 Å². The van der Waals surface area contributed by atoms with Gasteiger partial charge in [0.25, 0.3) is 0 Å². The van der Waals surface area contributed by atoms with Crippen LogP contribution in [0.3, 0.4) is 0 Å². The van der Waals surface area contributed by atoms with Crippen molar-refractivity contribution in [2.24, 2.45) is 17.3 Å². The topological polar surface area (TPSA) is 29.5 Å². The fourth-order valence-electron chi connectivity index (χ4n) is 2.56. The highest BCUT2D eigenvalue weighted by Crippen LogP contribution is 2.35. The van der Waals surface area contributed by atoms with Crippen LogP contribution in [0.2, 0.25) is 0 Å². The molecule has 17 heavy (non-hydrogen) atoms. The molecule has 0 aromatic rings. The maximum absolute atomic E-state index is 11.5. The van der Waals surface area contributed by atoms with E-state index in [1.54, 1.807) is 0 Å². The van der Waals surface area contributed by atoms with Crippen molar-refractivity contribution in [2.45, 2.75) is 47.1 Å². The Morgan fingerprint density at radius 1 is 1.35 bits per heavy atom. The molecule has 3 atom stereocenters. The monoisotopic (exact) mass is 241 g/mol. The van der Waals surface area contributed by atoms with Crippen LogP contribution in [0.25, 0.3) is 0 Å². The quantitative estimate of drug-likeness (QED) is 0.711. The standard InChI is InChI=1S/C14H27NO2/c1-10(13(16)17-6)11(2)15-8-7-12(9-15)14(3,4)5/h10-12H,7-9H2,1-6H3. The van der Waals surface area contributed by atoms with E-state index in [1.807, 2.05) is 6.92 Å². The lowest BCUT2D eigenvalue weighted by Gasteiger charge is -2.31. The van der Waals surface area contributed by atoms with Gasteiger partial charge in [-0.05, 0) is 31.2 Å². The number of nitrogens with zero attached hydrogens (tertiary/aromatic N) is 1. The minimum Gasteiger partial charge on any atom is -0.469 e. The number of rotatable bonds is 3. The van der Waals surface area contributed by atoms with E-state index in [1.165, 1.54) is 13.5 Å². The second-order valence-electron chi connectivity index (χ2n) is 6.40. The van der Waals surface area contributed by atoms with E-state index in [-0.39, 0.29) is 17.9 Å². The van der Waals surface area contributed by atoms with E-state index in [9.17, 15) is 4.79 Å². The van der Waals surface area contributed by atoms with Gasteiger partial charge in [-0.15, -0.1) is 0 Å².